The molecule has 1 aliphatic heterocycles. The van der Waals surface area contributed by atoms with Gasteiger partial charge in [-0.25, -0.2) is 0 Å². The Morgan fingerprint density at radius 1 is 1.43 bits per heavy atom. The standard InChI is InChI=1S/C10H19N3O/c1-9(7-11)12-10(2)8-13-3-5-14-6-4-13/h9-10,12H,3-6,8H2,1-2H3. The topological polar surface area (TPSA) is 48.3 Å². The molecule has 1 rings (SSSR count). The zero-order chi connectivity index (χ0) is 10.4. The second kappa shape index (κ2) is 5.97. The Labute approximate surface area is 85.8 Å². The molecule has 0 aliphatic carbocycles. The molecular formula is C10H19N3O. The molecule has 1 heterocycles. The molecule has 4 heteroatoms. The van der Waals surface area contributed by atoms with Crippen molar-refractivity contribution < 1.29 is 4.74 Å². The molecule has 0 amide bonds. The summed E-state index contributed by atoms with van der Waals surface area (Å²) in [5, 5.41) is 11.9. The van der Waals surface area contributed by atoms with Crippen LogP contribution in [0.3, 0.4) is 0 Å². The molecule has 4 nitrogen and oxygen atoms in total. The predicted octanol–water partition coefficient (Wildman–Crippen LogP) is 0.209. The van der Waals surface area contributed by atoms with Gasteiger partial charge < -0.3 is 4.74 Å². The van der Waals surface area contributed by atoms with Gasteiger partial charge in [-0.1, -0.05) is 0 Å². The number of hydrogen-bond donors (Lipinski definition) is 1. The van der Waals surface area contributed by atoms with Crippen molar-refractivity contribution >= 4 is 0 Å². The average Bonchev–Trinajstić information content (AvgIpc) is 2.19. The number of nitrogens with zero attached hydrogens (tertiary/aromatic N) is 2. The average molecular weight is 197 g/mol. The van der Waals surface area contributed by atoms with E-state index in [1.807, 2.05) is 6.92 Å². The first-order valence-corrected chi connectivity index (χ1v) is 5.18. The van der Waals surface area contributed by atoms with Gasteiger partial charge >= 0.3 is 0 Å². The van der Waals surface area contributed by atoms with Crippen LogP contribution in [-0.2, 0) is 4.74 Å². The third-order valence-corrected chi connectivity index (χ3v) is 2.36. The van der Waals surface area contributed by atoms with E-state index in [0.717, 1.165) is 32.8 Å². The van der Waals surface area contributed by atoms with Crippen LogP contribution in [0.5, 0.6) is 0 Å². The predicted molar refractivity (Wildman–Crippen MR) is 54.9 cm³/mol. The first-order valence-electron chi connectivity index (χ1n) is 5.18. The lowest BCUT2D eigenvalue weighted by Gasteiger charge is -2.29. The highest BCUT2D eigenvalue weighted by Crippen LogP contribution is 1.98. The third-order valence-electron chi connectivity index (χ3n) is 2.36. The van der Waals surface area contributed by atoms with Crippen LogP contribution >= 0.6 is 0 Å². The van der Waals surface area contributed by atoms with Crippen molar-refractivity contribution in [2.75, 3.05) is 32.8 Å². The van der Waals surface area contributed by atoms with Crippen molar-refractivity contribution in [3.05, 3.63) is 0 Å². The van der Waals surface area contributed by atoms with E-state index in [-0.39, 0.29) is 6.04 Å². The van der Waals surface area contributed by atoms with Crippen molar-refractivity contribution in [3.8, 4) is 6.07 Å². The summed E-state index contributed by atoms with van der Waals surface area (Å²) in [5.74, 6) is 0. The molecule has 0 spiro atoms. The molecule has 1 N–H and O–H groups in total. The van der Waals surface area contributed by atoms with E-state index in [4.69, 9.17) is 10.00 Å². The van der Waals surface area contributed by atoms with Gasteiger partial charge in [-0.2, -0.15) is 5.26 Å². The van der Waals surface area contributed by atoms with E-state index in [1.54, 1.807) is 0 Å². The zero-order valence-electron chi connectivity index (χ0n) is 8.99. The zero-order valence-corrected chi connectivity index (χ0v) is 8.99. The van der Waals surface area contributed by atoms with Crippen LogP contribution in [0, 0.1) is 11.3 Å². The maximum absolute atomic E-state index is 8.64. The quantitative estimate of drug-likeness (QED) is 0.700. The van der Waals surface area contributed by atoms with Gasteiger partial charge in [-0.15, -0.1) is 0 Å². The molecule has 0 saturated carbocycles. The van der Waals surface area contributed by atoms with Crippen molar-refractivity contribution in [2.24, 2.45) is 0 Å². The number of nitrogens with one attached hydrogen (secondary N) is 1. The largest absolute Gasteiger partial charge is 0.379 e. The van der Waals surface area contributed by atoms with Gasteiger partial charge in [0.1, 0.15) is 0 Å². The van der Waals surface area contributed by atoms with Crippen LogP contribution in [-0.4, -0.2) is 49.8 Å². The molecule has 0 radical (unpaired) electrons. The van der Waals surface area contributed by atoms with Crippen molar-refractivity contribution in [1.82, 2.24) is 10.2 Å². The van der Waals surface area contributed by atoms with E-state index in [9.17, 15) is 0 Å². The Bertz CT molecular complexity index is 196. The third kappa shape index (κ3) is 4.05. The van der Waals surface area contributed by atoms with Gasteiger partial charge in [-0.05, 0) is 13.8 Å². The van der Waals surface area contributed by atoms with Crippen LogP contribution in [0.4, 0.5) is 0 Å². The molecular weight excluding hydrogens is 178 g/mol. The lowest BCUT2D eigenvalue weighted by Crippen LogP contribution is -2.46. The molecule has 0 aromatic rings. The molecule has 2 unspecified atom stereocenters. The number of ether oxygens (including phenoxy) is 1. The first-order chi connectivity index (χ1) is 6.72. The Kier molecular flexibility index (Phi) is 4.88. The summed E-state index contributed by atoms with van der Waals surface area (Å²) in [4.78, 5) is 2.37. The highest BCUT2D eigenvalue weighted by molar-refractivity contribution is 4.87. The molecule has 0 aromatic carbocycles. The fourth-order valence-corrected chi connectivity index (χ4v) is 1.69. The first kappa shape index (κ1) is 11.4. The van der Waals surface area contributed by atoms with Crippen molar-refractivity contribution in [3.63, 3.8) is 0 Å². The molecule has 2 atom stereocenters. The highest BCUT2D eigenvalue weighted by Gasteiger charge is 2.14. The van der Waals surface area contributed by atoms with Crippen LogP contribution in [0.25, 0.3) is 0 Å². The molecule has 1 fully saturated rings. The summed E-state index contributed by atoms with van der Waals surface area (Å²) in [6.07, 6.45) is 0. The fraction of sp³-hybridized carbons (Fsp3) is 0.900. The number of morpholine rings is 1. The summed E-state index contributed by atoms with van der Waals surface area (Å²) >= 11 is 0. The number of rotatable bonds is 4. The van der Waals surface area contributed by atoms with Gasteiger partial charge in [0.15, 0.2) is 0 Å². The van der Waals surface area contributed by atoms with E-state index in [0.29, 0.717) is 6.04 Å². The lowest BCUT2D eigenvalue weighted by molar-refractivity contribution is 0.0342. The number of hydrogen-bond acceptors (Lipinski definition) is 4. The fourth-order valence-electron chi connectivity index (χ4n) is 1.69. The Hall–Kier alpha value is -0.630. The maximum Gasteiger partial charge on any atom is 0.0926 e. The Morgan fingerprint density at radius 3 is 2.64 bits per heavy atom. The van der Waals surface area contributed by atoms with E-state index in [1.165, 1.54) is 0 Å². The van der Waals surface area contributed by atoms with Gasteiger partial charge in [0.2, 0.25) is 0 Å². The summed E-state index contributed by atoms with van der Waals surface area (Å²) in [6, 6.07) is 2.48. The summed E-state index contributed by atoms with van der Waals surface area (Å²) < 4.78 is 5.27. The molecule has 1 saturated heterocycles. The van der Waals surface area contributed by atoms with E-state index in [2.05, 4.69) is 23.2 Å². The SMILES string of the molecule is CC(C#N)NC(C)CN1CCOCC1. The van der Waals surface area contributed by atoms with Crippen LogP contribution in [0.15, 0.2) is 0 Å². The molecule has 14 heavy (non-hydrogen) atoms. The van der Waals surface area contributed by atoms with E-state index >= 15 is 0 Å². The van der Waals surface area contributed by atoms with Gasteiger partial charge in [0, 0.05) is 25.7 Å². The smallest absolute Gasteiger partial charge is 0.0926 e. The summed E-state index contributed by atoms with van der Waals surface area (Å²) in [5.41, 5.74) is 0. The monoisotopic (exact) mass is 197 g/mol. The highest BCUT2D eigenvalue weighted by atomic mass is 16.5. The second-order valence-electron chi connectivity index (χ2n) is 3.83. The normalized spacial score (nSPS) is 22.6. The molecule has 0 aromatic heterocycles. The van der Waals surface area contributed by atoms with Gasteiger partial charge in [0.25, 0.3) is 0 Å². The lowest BCUT2D eigenvalue weighted by atomic mass is 10.2. The van der Waals surface area contributed by atoms with Crippen LogP contribution < -0.4 is 5.32 Å². The van der Waals surface area contributed by atoms with Crippen LogP contribution in [0.2, 0.25) is 0 Å². The minimum atomic E-state index is -0.0639. The summed E-state index contributed by atoms with van der Waals surface area (Å²) in [6.45, 7) is 8.68. The van der Waals surface area contributed by atoms with Crippen molar-refractivity contribution in [2.45, 2.75) is 25.9 Å². The van der Waals surface area contributed by atoms with Crippen LogP contribution in [0.1, 0.15) is 13.8 Å². The number of nitriles is 1. The van der Waals surface area contributed by atoms with Gasteiger partial charge in [0.05, 0.1) is 25.3 Å². The Morgan fingerprint density at radius 2 is 2.07 bits per heavy atom. The second-order valence-corrected chi connectivity index (χ2v) is 3.83. The molecule has 1 aliphatic rings. The Balaban J connectivity index is 2.18. The van der Waals surface area contributed by atoms with E-state index < -0.39 is 0 Å². The molecule has 80 valence electrons. The maximum atomic E-state index is 8.64. The minimum Gasteiger partial charge on any atom is -0.379 e. The summed E-state index contributed by atoms with van der Waals surface area (Å²) in [7, 11) is 0. The van der Waals surface area contributed by atoms with Gasteiger partial charge in [-0.3, -0.25) is 10.2 Å². The minimum absolute atomic E-state index is 0.0639. The molecule has 0 bridgehead atoms. The van der Waals surface area contributed by atoms with Crippen molar-refractivity contribution in [1.29, 1.82) is 5.26 Å².